The maximum atomic E-state index is 12.3. The van der Waals surface area contributed by atoms with E-state index in [0.29, 0.717) is 26.5 Å². The van der Waals surface area contributed by atoms with Crippen LogP contribution in [0, 0.1) is 5.92 Å². The number of benzene rings is 1. The van der Waals surface area contributed by atoms with Gasteiger partial charge in [-0.2, -0.15) is 0 Å². The second-order valence-corrected chi connectivity index (χ2v) is 3.86. The largest absolute Gasteiger partial charge is 0.250 e. The molecular formula is C9H7Cl3F. The van der Waals surface area contributed by atoms with Gasteiger partial charge in [0, 0.05) is 5.92 Å². The van der Waals surface area contributed by atoms with Gasteiger partial charge in [-0.3, -0.25) is 4.39 Å². The van der Waals surface area contributed by atoms with Crippen molar-refractivity contribution < 1.29 is 4.39 Å². The van der Waals surface area contributed by atoms with E-state index >= 15 is 0 Å². The van der Waals surface area contributed by atoms with Crippen LogP contribution in [0.5, 0.6) is 0 Å². The average Bonchev–Trinajstić information content (AvgIpc) is 2.12. The first-order valence-corrected chi connectivity index (χ1v) is 4.73. The van der Waals surface area contributed by atoms with E-state index in [-0.39, 0.29) is 0 Å². The Hall–Kier alpha value is 0.0200. The van der Waals surface area contributed by atoms with E-state index in [2.05, 4.69) is 0 Å². The molecular weight excluding hydrogens is 233 g/mol. The van der Waals surface area contributed by atoms with Crippen LogP contribution in [-0.4, -0.2) is 6.67 Å². The Morgan fingerprint density at radius 2 is 1.69 bits per heavy atom. The van der Waals surface area contributed by atoms with Crippen LogP contribution < -0.4 is 0 Å². The highest BCUT2D eigenvalue weighted by molar-refractivity contribution is 6.48. The third-order valence-electron chi connectivity index (χ3n) is 1.68. The molecule has 1 aromatic carbocycles. The highest BCUT2D eigenvalue weighted by atomic mass is 35.5. The lowest BCUT2D eigenvalue weighted by Gasteiger charge is -2.08. The van der Waals surface area contributed by atoms with Crippen LogP contribution in [0.1, 0.15) is 12.5 Å². The molecule has 0 aromatic heterocycles. The van der Waals surface area contributed by atoms with E-state index < -0.39 is 6.67 Å². The minimum absolute atomic E-state index is 0.304. The van der Waals surface area contributed by atoms with Crippen molar-refractivity contribution in [2.45, 2.75) is 6.92 Å². The van der Waals surface area contributed by atoms with Crippen LogP contribution in [0.15, 0.2) is 12.1 Å². The van der Waals surface area contributed by atoms with E-state index in [1.165, 1.54) is 0 Å². The standard InChI is InChI=1S/C9H7Cl3F/c1-5(4-13)6-2-7(10)9(12)8(11)3-6/h2-3H,4H2,1H3. The van der Waals surface area contributed by atoms with E-state index in [0.717, 1.165) is 0 Å². The summed E-state index contributed by atoms with van der Waals surface area (Å²) in [4.78, 5) is 0. The summed E-state index contributed by atoms with van der Waals surface area (Å²) in [6.45, 7) is 1.16. The quantitative estimate of drug-likeness (QED) is 0.665. The number of hydrogen-bond donors (Lipinski definition) is 0. The lowest BCUT2D eigenvalue weighted by molar-refractivity contribution is 0.516. The highest BCUT2D eigenvalue weighted by Gasteiger charge is 2.11. The van der Waals surface area contributed by atoms with E-state index in [9.17, 15) is 4.39 Å². The Morgan fingerprint density at radius 1 is 1.23 bits per heavy atom. The molecule has 0 saturated heterocycles. The molecule has 4 heteroatoms. The summed E-state index contributed by atoms with van der Waals surface area (Å²) < 4.78 is 12.3. The van der Waals surface area contributed by atoms with Gasteiger partial charge in [-0.05, 0) is 17.7 Å². The van der Waals surface area contributed by atoms with Crippen LogP contribution in [0.4, 0.5) is 4.39 Å². The summed E-state index contributed by atoms with van der Waals surface area (Å²) in [5, 5.41) is 0.993. The zero-order chi connectivity index (χ0) is 10.0. The Morgan fingerprint density at radius 3 is 2.08 bits per heavy atom. The molecule has 1 rings (SSSR count). The van der Waals surface area contributed by atoms with Crippen molar-refractivity contribution in [2.75, 3.05) is 6.67 Å². The van der Waals surface area contributed by atoms with Crippen molar-refractivity contribution in [2.24, 2.45) is 0 Å². The molecule has 71 valence electrons. The average molecular weight is 241 g/mol. The van der Waals surface area contributed by atoms with Crippen LogP contribution in [0.2, 0.25) is 15.1 Å². The fourth-order valence-corrected chi connectivity index (χ4v) is 1.48. The predicted octanol–water partition coefficient (Wildman–Crippen LogP) is 4.56. The third-order valence-corrected chi connectivity index (χ3v) is 2.87. The van der Waals surface area contributed by atoms with E-state index in [1.54, 1.807) is 19.1 Å². The topological polar surface area (TPSA) is 0 Å². The first-order valence-electron chi connectivity index (χ1n) is 3.59. The monoisotopic (exact) mass is 239 g/mol. The molecule has 0 nitrogen and oxygen atoms in total. The fourth-order valence-electron chi connectivity index (χ4n) is 0.879. The fraction of sp³-hybridized carbons (Fsp3) is 0.222. The lowest BCUT2D eigenvalue weighted by atomic mass is 10.0. The molecule has 0 N–H and O–H groups in total. The minimum atomic E-state index is -0.520. The van der Waals surface area contributed by atoms with E-state index in [1.807, 2.05) is 0 Å². The molecule has 0 amide bonds. The molecule has 0 fully saturated rings. The van der Waals surface area contributed by atoms with Gasteiger partial charge in [-0.25, -0.2) is 0 Å². The molecule has 0 unspecified atom stereocenters. The summed E-state index contributed by atoms with van der Waals surface area (Å²) >= 11 is 17.3. The van der Waals surface area contributed by atoms with Crippen LogP contribution in [0.3, 0.4) is 0 Å². The van der Waals surface area contributed by atoms with Gasteiger partial charge in [0.15, 0.2) is 0 Å². The number of halogens is 4. The summed E-state index contributed by atoms with van der Waals surface area (Å²) in [5.41, 5.74) is 0.682. The van der Waals surface area contributed by atoms with Gasteiger partial charge >= 0.3 is 0 Å². The third kappa shape index (κ3) is 2.49. The van der Waals surface area contributed by atoms with E-state index in [4.69, 9.17) is 34.8 Å². The van der Waals surface area contributed by atoms with Crippen LogP contribution in [0.25, 0.3) is 0 Å². The van der Waals surface area contributed by atoms with Crippen LogP contribution in [-0.2, 0) is 0 Å². The number of alkyl halides is 1. The van der Waals surface area contributed by atoms with Gasteiger partial charge in [0.25, 0.3) is 0 Å². The van der Waals surface area contributed by atoms with Gasteiger partial charge in [-0.15, -0.1) is 0 Å². The highest BCUT2D eigenvalue weighted by Crippen LogP contribution is 2.33. The minimum Gasteiger partial charge on any atom is -0.250 e. The molecule has 0 aliphatic heterocycles. The second kappa shape index (κ2) is 4.50. The predicted molar refractivity (Wildman–Crippen MR) is 55.5 cm³/mol. The SMILES string of the molecule is C[C](CF)c1cc(Cl)c(Cl)c(Cl)c1. The van der Waals surface area contributed by atoms with Gasteiger partial charge in [0.2, 0.25) is 0 Å². The van der Waals surface area contributed by atoms with Gasteiger partial charge in [0.05, 0.1) is 21.7 Å². The van der Waals surface area contributed by atoms with Gasteiger partial charge in [-0.1, -0.05) is 41.7 Å². The molecule has 0 bridgehead atoms. The first kappa shape index (κ1) is 11.1. The van der Waals surface area contributed by atoms with Crippen molar-refractivity contribution in [3.05, 3.63) is 38.7 Å². The molecule has 0 aliphatic carbocycles. The lowest BCUT2D eigenvalue weighted by Crippen LogP contribution is -1.96. The van der Waals surface area contributed by atoms with Gasteiger partial charge in [0.1, 0.15) is 0 Å². The maximum Gasteiger partial charge on any atom is 0.0997 e. The van der Waals surface area contributed by atoms with Crippen LogP contribution >= 0.6 is 34.8 Å². The Balaban J connectivity index is 3.13. The zero-order valence-corrected chi connectivity index (χ0v) is 9.14. The zero-order valence-electron chi connectivity index (χ0n) is 6.87. The van der Waals surface area contributed by atoms with Crippen molar-refractivity contribution in [3.63, 3.8) is 0 Å². The molecule has 0 saturated carbocycles. The van der Waals surface area contributed by atoms with Crippen molar-refractivity contribution in [1.29, 1.82) is 0 Å². The number of rotatable bonds is 2. The van der Waals surface area contributed by atoms with Gasteiger partial charge < -0.3 is 0 Å². The summed E-state index contributed by atoms with van der Waals surface area (Å²) in [5.74, 6) is 0.584. The number of hydrogen-bond acceptors (Lipinski definition) is 0. The Kier molecular flexibility index (Phi) is 3.84. The molecule has 0 heterocycles. The Bertz CT molecular complexity index is 289. The summed E-state index contributed by atoms with van der Waals surface area (Å²) in [6, 6.07) is 3.20. The summed E-state index contributed by atoms with van der Waals surface area (Å²) in [7, 11) is 0. The maximum absolute atomic E-state index is 12.3. The molecule has 13 heavy (non-hydrogen) atoms. The van der Waals surface area contributed by atoms with Crippen molar-refractivity contribution in [3.8, 4) is 0 Å². The van der Waals surface area contributed by atoms with Crippen molar-refractivity contribution >= 4 is 34.8 Å². The summed E-state index contributed by atoms with van der Waals surface area (Å²) in [6.07, 6.45) is 0. The molecule has 0 spiro atoms. The smallest absolute Gasteiger partial charge is 0.0997 e. The molecule has 0 aliphatic rings. The molecule has 1 radical (unpaired) electrons. The normalized spacial score (nSPS) is 10.9. The first-order chi connectivity index (χ1) is 6.06. The molecule has 0 atom stereocenters. The van der Waals surface area contributed by atoms with Crippen molar-refractivity contribution in [1.82, 2.24) is 0 Å². The second-order valence-electron chi connectivity index (χ2n) is 2.67. The Labute approximate surface area is 91.6 Å². The molecule has 1 aromatic rings.